The van der Waals surface area contributed by atoms with Crippen LogP contribution in [0.5, 0.6) is 11.5 Å². The van der Waals surface area contributed by atoms with E-state index in [2.05, 4.69) is 20.5 Å². The van der Waals surface area contributed by atoms with Gasteiger partial charge in [0.15, 0.2) is 0 Å². The number of phenolic OH excluding ortho intramolecular Hbond substituents is 2. The quantitative estimate of drug-likeness (QED) is 0.0460. The van der Waals surface area contributed by atoms with Gasteiger partial charge in [-0.1, -0.05) is 55.7 Å². The third-order valence-corrected chi connectivity index (χ3v) is 13.7. The van der Waals surface area contributed by atoms with Crippen LogP contribution >= 0.6 is 0 Å². The summed E-state index contributed by atoms with van der Waals surface area (Å²) in [6.45, 7) is 0. The number of fused-ring (bicyclic) bond motifs is 2. The first-order chi connectivity index (χ1) is 28.1. The summed E-state index contributed by atoms with van der Waals surface area (Å²) in [7, 11) is -19.9. The van der Waals surface area contributed by atoms with Crippen LogP contribution in [0.2, 0.25) is 0 Å². The molecule has 1 aliphatic rings. The zero-order valence-electron chi connectivity index (χ0n) is 34.6. The fraction of sp³-hybridized carbons (Fsp3) is 0.158. The number of benzene rings is 6. The van der Waals surface area contributed by atoms with Crippen molar-refractivity contribution in [3.8, 4) is 11.5 Å². The zero-order chi connectivity index (χ0) is 43.4. The Kier molecular flexibility index (Phi) is 19.2. The second-order valence-electron chi connectivity index (χ2n) is 13.9. The molecular weight excluding hydrogens is 957 g/mol. The van der Waals surface area contributed by atoms with Crippen LogP contribution in [0.15, 0.2) is 137 Å². The Balaban J connectivity index is 0.00000272. The Labute approximate surface area is 456 Å². The summed E-state index contributed by atoms with van der Waals surface area (Å²) in [4.78, 5) is -3.45. The predicted molar refractivity (Wildman–Crippen MR) is 239 cm³/mol. The molecule has 0 heterocycles. The van der Waals surface area contributed by atoms with E-state index in [1.54, 1.807) is 24.3 Å². The van der Waals surface area contributed by atoms with Gasteiger partial charge in [-0.2, -0.15) is 43.9 Å². The van der Waals surface area contributed by atoms with Gasteiger partial charge in [0, 0.05) is 134 Å². The summed E-state index contributed by atoms with van der Waals surface area (Å²) in [6, 6.07) is 21.7. The minimum absolute atomic E-state index is 0. The normalized spacial score (nSPS) is 14.4. The molecule has 1 aliphatic carbocycles. The maximum atomic E-state index is 12.3. The van der Waals surface area contributed by atoms with Gasteiger partial charge in [-0.15, -0.1) is 10.2 Å². The molecule has 6 aromatic rings. The van der Waals surface area contributed by atoms with E-state index in [1.165, 1.54) is 12.1 Å². The molecule has 0 unspecified atom stereocenters. The molecule has 6 aromatic carbocycles. The molecule has 0 spiro atoms. The topological polar surface area (TPSA) is 307 Å². The molecule has 26 heteroatoms. The Bertz CT molecular complexity index is 3050. The first kappa shape index (κ1) is 56.6. The minimum Gasteiger partial charge on any atom is -0.506 e. The van der Waals surface area contributed by atoms with Crippen LogP contribution in [0, 0.1) is 0 Å². The number of azo groups is 2. The molecule has 0 bridgehead atoms. The van der Waals surface area contributed by atoms with Crippen molar-refractivity contribution in [2.75, 3.05) is 0 Å². The average Bonchev–Trinajstić information content (AvgIpc) is 3.18. The Morgan fingerprint density at radius 2 is 0.766 bits per heavy atom. The molecule has 1 saturated carbocycles. The smallest absolute Gasteiger partial charge is 0.295 e. The van der Waals surface area contributed by atoms with Crippen LogP contribution in [0.1, 0.15) is 43.2 Å². The zero-order valence-corrected chi connectivity index (χ0v) is 45.9. The number of nitrogens with zero attached hydrogens (tertiary/aromatic N) is 4. The standard InChI is InChI=1S/C38H32N4O14S4.4Na/c43-30-14-4-22-18-28(57(45,46)47)20-32(59(51,52)53)34(22)36(30)41-39-26-10-6-24(7-11-26)38(16-2-1-3-17-38)25-8-12-27(13-9-25)40-42-37-31(44)15-5-23-19-29(58(48,49)50)21-33(35(23)37)60(54,55)56;;;;/h4-15,18-21,43-44H,1-3,16-17H2,(H,45,46,47)(H,48,49,50)(H,51,52,53)(H,54,55,56);;;;. The minimum atomic E-state index is -5.09. The van der Waals surface area contributed by atoms with E-state index in [4.69, 9.17) is 0 Å². The van der Waals surface area contributed by atoms with Gasteiger partial charge in [-0.25, -0.2) is 0 Å². The Morgan fingerprint density at radius 1 is 0.422 bits per heavy atom. The third kappa shape index (κ3) is 12.1. The first-order valence-corrected chi connectivity index (χ1v) is 23.4. The van der Waals surface area contributed by atoms with E-state index in [-0.39, 0.29) is 151 Å². The van der Waals surface area contributed by atoms with Crippen molar-refractivity contribution in [1.29, 1.82) is 0 Å². The van der Waals surface area contributed by atoms with Gasteiger partial charge in [0.1, 0.15) is 32.7 Å². The summed E-state index contributed by atoms with van der Waals surface area (Å²) in [5, 5.41) is 36.9. The van der Waals surface area contributed by atoms with E-state index in [0.717, 1.165) is 67.5 Å². The van der Waals surface area contributed by atoms with Crippen molar-refractivity contribution in [2.24, 2.45) is 20.5 Å². The van der Waals surface area contributed by atoms with E-state index in [1.807, 2.05) is 24.3 Å². The molecule has 18 nitrogen and oxygen atoms in total. The van der Waals surface area contributed by atoms with Crippen LogP contribution in [0.3, 0.4) is 0 Å². The fourth-order valence-corrected chi connectivity index (χ4v) is 10.2. The maximum Gasteiger partial charge on any atom is 0.295 e. The number of hydrogen-bond acceptors (Lipinski definition) is 14. The van der Waals surface area contributed by atoms with Crippen molar-refractivity contribution in [3.63, 3.8) is 0 Å². The molecule has 6 N–H and O–H groups in total. The average molecular weight is 989 g/mol. The molecule has 7 rings (SSSR count). The molecule has 0 amide bonds. The summed E-state index contributed by atoms with van der Waals surface area (Å²) >= 11 is 0. The molecule has 1 fully saturated rings. The molecule has 0 saturated heterocycles. The molecule has 0 aromatic heterocycles. The van der Waals surface area contributed by atoms with Gasteiger partial charge < -0.3 is 10.2 Å². The van der Waals surface area contributed by atoms with Crippen molar-refractivity contribution in [1.82, 2.24) is 0 Å². The Hall–Kier alpha value is -1.72. The number of aromatic hydroxyl groups is 2. The number of phenols is 2. The molecule has 316 valence electrons. The van der Waals surface area contributed by atoms with E-state index in [9.17, 15) is 62.1 Å². The number of hydrogen-bond donors (Lipinski definition) is 6. The van der Waals surface area contributed by atoms with Crippen molar-refractivity contribution >= 4 is 203 Å². The SMILES string of the molecule is O=S(=O)(O)c1cc(S(=O)(=O)O)c2c(N=Nc3ccc(C4(c5ccc(N=Nc6c(O)ccc7cc(S(=O)(=O)O)cc(S(=O)(=O)O)c67)cc5)CCCCC4)cc3)c(O)ccc2c1.[Na].[Na].[Na].[Na]. The van der Waals surface area contributed by atoms with E-state index in [0.29, 0.717) is 23.5 Å². The van der Waals surface area contributed by atoms with Crippen LogP contribution in [-0.4, -0.2) is 180 Å². The second-order valence-corrected chi connectivity index (χ2v) is 19.6. The van der Waals surface area contributed by atoms with Crippen LogP contribution in [0.4, 0.5) is 22.7 Å². The van der Waals surface area contributed by atoms with Crippen molar-refractivity contribution in [2.45, 2.75) is 57.1 Å². The van der Waals surface area contributed by atoms with Crippen LogP contribution < -0.4 is 0 Å². The monoisotopic (exact) mass is 988 g/mol. The third-order valence-electron chi connectivity index (χ3n) is 10.2. The molecule has 0 aliphatic heterocycles. The molecular formula is C38H32N4Na4O14S4. The largest absolute Gasteiger partial charge is 0.506 e. The van der Waals surface area contributed by atoms with Gasteiger partial charge in [-0.05, 0) is 95.4 Å². The van der Waals surface area contributed by atoms with Gasteiger partial charge in [0.05, 0.1) is 21.2 Å². The molecule has 0 atom stereocenters. The van der Waals surface area contributed by atoms with Crippen molar-refractivity contribution < 1.29 is 62.1 Å². The van der Waals surface area contributed by atoms with Crippen LogP contribution in [0.25, 0.3) is 21.5 Å². The van der Waals surface area contributed by atoms with Crippen LogP contribution in [-0.2, 0) is 45.9 Å². The van der Waals surface area contributed by atoms with Crippen molar-refractivity contribution in [3.05, 3.63) is 108 Å². The second kappa shape index (κ2) is 21.7. The number of rotatable bonds is 10. The summed E-state index contributed by atoms with van der Waals surface area (Å²) in [6.07, 6.45) is 4.38. The summed E-state index contributed by atoms with van der Waals surface area (Å²) in [5.74, 6) is -1.05. The van der Waals surface area contributed by atoms with Gasteiger partial charge in [0.2, 0.25) is 0 Å². The summed E-state index contributed by atoms with van der Waals surface area (Å²) < 4.78 is 135. The predicted octanol–water partition coefficient (Wildman–Crippen LogP) is 6.95. The Morgan fingerprint density at radius 3 is 1.08 bits per heavy atom. The fourth-order valence-electron chi connectivity index (χ4n) is 7.46. The van der Waals surface area contributed by atoms with E-state index >= 15 is 0 Å². The first-order valence-electron chi connectivity index (χ1n) is 17.6. The molecule has 4 radical (unpaired) electrons. The van der Waals surface area contributed by atoms with E-state index < -0.39 is 77.0 Å². The van der Waals surface area contributed by atoms with Gasteiger partial charge >= 0.3 is 0 Å². The summed E-state index contributed by atoms with van der Waals surface area (Å²) in [5.41, 5.74) is 1.22. The molecule has 64 heavy (non-hydrogen) atoms. The van der Waals surface area contributed by atoms with Gasteiger partial charge in [-0.3, -0.25) is 18.2 Å². The van der Waals surface area contributed by atoms with Gasteiger partial charge in [0.25, 0.3) is 40.5 Å². The maximum absolute atomic E-state index is 12.3.